The smallest absolute Gasteiger partial charge is 0.119 e. The molecule has 3 nitrogen and oxygen atoms in total. The first-order valence-electron chi connectivity index (χ1n) is 5.20. The predicted octanol–water partition coefficient (Wildman–Crippen LogP) is 1.28. The summed E-state index contributed by atoms with van der Waals surface area (Å²) in [6.07, 6.45) is 1.00. The molecule has 2 unspecified atom stereocenters. The molecule has 2 rings (SSSR count). The van der Waals surface area contributed by atoms with Crippen LogP contribution < -0.4 is 4.74 Å². The number of rotatable bonds is 2. The summed E-state index contributed by atoms with van der Waals surface area (Å²) in [6.45, 7) is 0.141. The van der Waals surface area contributed by atoms with E-state index in [4.69, 9.17) is 9.84 Å². The van der Waals surface area contributed by atoms with E-state index < -0.39 is 6.10 Å². The Morgan fingerprint density at radius 3 is 2.93 bits per heavy atom. The molecule has 0 saturated heterocycles. The highest BCUT2D eigenvalue weighted by atomic mass is 16.5. The van der Waals surface area contributed by atoms with Crippen molar-refractivity contribution in [3.8, 4) is 5.75 Å². The molecular formula is C12H16O3. The fourth-order valence-corrected chi connectivity index (χ4v) is 2.17. The molecule has 1 aromatic carbocycles. The third-order valence-corrected chi connectivity index (χ3v) is 3.04. The van der Waals surface area contributed by atoms with Gasteiger partial charge in [-0.25, -0.2) is 0 Å². The Bertz CT molecular complexity index is 349. The standard InChI is InChI=1S/C12H16O3/c1-15-10-3-2-9-4-8(7-13)5-12(14)11(9)6-10/h2-3,6,8,12-14H,4-5,7H2,1H3. The van der Waals surface area contributed by atoms with Crippen LogP contribution in [0.5, 0.6) is 5.75 Å². The lowest BCUT2D eigenvalue weighted by Gasteiger charge is -2.27. The van der Waals surface area contributed by atoms with Gasteiger partial charge in [0.25, 0.3) is 0 Å². The highest BCUT2D eigenvalue weighted by Gasteiger charge is 2.25. The number of fused-ring (bicyclic) bond motifs is 1. The summed E-state index contributed by atoms with van der Waals surface area (Å²) in [5, 5.41) is 19.0. The molecule has 82 valence electrons. The average molecular weight is 208 g/mol. The van der Waals surface area contributed by atoms with Crippen molar-refractivity contribution in [2.75, 3.05) is 13.7 Å². The van der Waals surface area contributed by atoms with Crippen molar-refractivity contribution in [2.24, 2.45) is 5.92 Å². The SMILES string of the molecule is COc1ccc2c(c1)C(O)CC(CO)C2. The van der Waals surface area contributed by atoms with Crippen LogP contribution in [0.15, 0.2) is 18.2 Å². The van der Waals surface area contributed by atoms with Crippen molar-refractivity contribution >= 4 is 0 Å². The summed E-state index contributed by atoms with van der Waals surface area (Å²) >= 11 is 0. The van der Waals surface area contributed by atoms with E-state index in [0.29, 0.717) is 6.42 Å². The van der Waals surface area contributed by atoms with Crippen molar-refractivity contribution < 1.29 is 14.9 Å². The Balaban J connectivity index is 2.32. The maximum atomic E-state index is 9.92. The number of aliphatic hydroxyl groups is 2. The molecule has 0 heterocycles. The van der Waals surface area contributed by atoms with Crippen molar-refractivity contribution in [3.05, 3.63) is 29.3 Å². The van der Waals surface area contributed by atoms with E-state index in [1.54, 1.807) is 7.11 Å². The van der Waals surface area contributed by atoms with E-state index in [1.807, 2.05) is 18.2 Å². The molecule has 0 saturated carbocycles. The van der Waals surface area contributed by atoms with Crippen molar-refractivity contribution in [1.82, 2.24) is 0 Å². The van der Waals surface area contributed by atoms with Gasteiger partial charge in [-0.15, -0.1) is 0 Å². The molecule has 2 N–H and O–H groups in total. The minimum atomic E-state index is -0.471. The highest BCUT2D eigenvalue weighted by molar-refractivity contribution is 5.38. The molecule has 0 spiro atoms. The largest absolute Gasteiger partial charge is 0.497 e. The van der Waals surface area contributed by atoms with Gasteiger partial charge in [-0.05, 0) is 42.0 Å². The van der Waals surface area contributed by atoms with Crippen LogP contribution in [0.4, 0.5) is 0 Å². The number of aliphatic hydroxyl groups excluding tert-OH is 2. The van der Waals surface area contributed by atoms with Crippen LogP contribution in [0.1, 0.15) is 23.7 Å². The Kier molecular flexibility index (Phi) is 2.93. The summed E-state index contributed by atoms with van der Waals surface area (Å²) in [5.41, 5.74) is 2.06. The molecule has 0 bridgehead atoms. The maximum Gasteiger partial charge on any atom is 0.119 e. The monoisotopic (exact) mass is 208 g/mol. The highest BCUT2D eigenvalue weighted by Crippen LogP contribution is 2.34. The predicted molar refractivity (Wildman–Crippen MR) is 56.9 cm³/mol. The van der Waals surface area contributed by atoms with E-state index in [9.17, 15) is 5.11 Å². The molecular weight excluding hydrogens is 192 g/mol. The summed E-state index contributed by atoms with van der Waals surface area (Å²) in [7, 11) is 1.62. The van der Waals surface area contributed by atoms with Gasteiger partial charge in [0.1, 0.15) is 5.75 Å². The lowest BCUT2D eigenvalue weighted by molar-refractivity contribution is 0.104. The number of benzene rings is 1. The molecule has 0 radical (unpaired) electrons. The summed E-state index contributed by atoms with van der Waals surface area (Å²) < 4.78 is 5.12. The molecule has 2 atom stereocenters. The zero-order valence-corrected chi connectivity index (χ0v) is 8.81. The van der Waals surface area contributed by atoms with E-state index in [2.05, 4.69) is 0 Å². The van der Waals surface area contributed by atoms with Crippen LogP contribution >= 0.6 is 0 Å². The zero-order valence-electron chi connectivity index (χ0n) is 8.81. The third kappa shape index (κ3) is 1.98. The topological polar surface area (TPSA) is 49.7 Å². The molecule has 0 amide bonds. The fourth-order valence-electron chi connectivity index (χ4n) is 2.17. The van der Waals surface area contributed by atoms with Gasteiger partial charge in [-0.1, -0.05) is 6.07 Å². The number of methoxy groups -OCH3 is 1. The van der Waals surface area contributed by atoms with E-state index in [0.717, 1.165) is 23.3 Å². The van der Waals surface area contributed by atoms with Gasteiger partial charge in [-0.2, -0.15) is 0 Å². The van der Waals surface area contributed by atoms with Crippen LogP contribution in [0.3, 0.4) is 0 Å². The van der Waals surface area contributed by atoms with Crippen LogP contribution in [-0.2, 0) is 6.42 Å². The Morgan fingerprint density at radius 2 is 2.27 bits per heavy atom. The second-order valence-corrected chi connectivity index (χ2v) is 4.07. The van der Waals surface area contributed by atoms with Gasteiger partial charge in [0.05, 0.1) is 13.2 Å². The molecule has 0 fully saturated rings. The van der Waals surface area contributed by atoms with E-state index in [1.165, 1.54) is 0 Å². The Labute approximate surface area is 89.3 Å². The first kappa shape index (κ1) is 10.5. The summed E-state index contributed by atoms with van der Waals surface area (Å²) in [4.78, 5) is 0. The van der Waals surface area contributed by atoms with Gasteiger partial charge in [0, 0.05) is 6.61 Å². The van der Waals surface area contributed by atoms with Crippen molar-refractivity contribution in [3.63, 3.8) is 0 Å². The Morgan fingerprint density at radius 1 is 1.47 bits per heavy atom. The number of ether oxygens (including phenoxy) is 1. The fraction of sp³-hybridized carbons (Fsp3) is 0.500. The van der Waals surface area contributed by atoms with Crippen LogP contribution in [0.25, 0.3) is 0 Å². The van der Waals surface area contributed by atoms with Crippen molar-refractivity contribution in [1.29, 1.82) is 0 Å². The van der Waals surface area contributed by atoms with Gasteiger partial charge >= 0.3 is 0 Å². The number of hydrogen-bond donors (Lipinski definition) is 2. The minimum Gasteiger partial charge on any atom is -0.497 e. The molecule has 15 heavy (non-hydrogen) atoms. The van der Waals surface area contributed by atoms with Crippen molar-refractivity contribution in [2.45, 2.75) is 18.9 Å². The van der Waals surface area contributed by atoms with Crippen LogP contribution in [-0.4, -0.2) is 23.9 Å². The van der Waals surface area contributed by atoms with Gasteiger partial charge < -0.3 is 14.9 Å². The first-order chi connectivity index (χ1) is 7.24. The first-order valence-corrected chi connectivity index (χ1v) is 5.20. The molecule has 1 aromatic rings. The van der Waals surface area contributed by atoms with E-state index >= 15 is 0 Å². The Hall–Kier alpha value is -1.06. The third-order valence-electron chi connectivity index (χ3n) is 3.04. The normalized spacial score (nSPS) is 24.7. The second kappa shape index (κ2) is 4.21. The molecule has 0 aliphatic heterocycles. The maximum absolute atomic E-state index is 9.92. The molecule has 3 heteroatoms. The van der Waals surface area contributed by atoms with Gasteiger partial charge in [-0.3, -0.25) is 0 Å². The quantitative estimate of drug-likeness (QED) is 0.769. The molecule has 1 aliphatic rings. The zero-order chi connectivity index (χ0) is 10.8. The lowest BCUT2D eigenvalue weighted by Crippen LogP contribution is -2.21. The van der Waals surface area contributed by atoms with Crippen LogP contribution in [0, 0.1) is 5.92 Å². The molecule has 0 aromatic heterocycles. The second-order valence-electron chi connectivity index (χ2n) is 4.07. The van der Waals surface area contributed by atoms with Crippen LogP contribution in [0.2, 0.25) is 0 Å². The lowest BCUT2D eigenvalue weighted by atomic mass is 9.82. The summed E-state index contributed by atoms with van der Waals surface area (Å²) in [5.74, 6) is 0.955. The van der Waals surface area contributed by atoms with Gasteiger partial charge in [0.15, 0.2) is 0 Å². The number of hydrogen-bond acceptors (Lipinski definition) is 3. The van der Waals surface area contributed by atoms with Gasteiger partial charge in [0.2, 0.25) is 0 Å². The summed E-state index contributed by atoms with van der Waals surface area (Å²) in [6, 6.07) is 5.75. The molecule has 1 aliphatic carbocycles. The minimum absolute atomic E-state index is 0.141. The average Bonchev–Trinajstić information content (AvgIpc) is 2.28. The van der Waals surface area contributed by atoms with E-state index in [-0.39, 0.29) is 12.5 Å².